The fourth-order valence-electron chi connectivity index (χ4n) is 1.71. The van der Waals surface area contributed by atoms with Crippen LogP contribution in [-0.4, -0.2) is 33.3 Å². The first kappa shape index (κ1) is 9.33. The van der Waals surface area contributed by atoms with E-state index in [0.717, 1.165) is 19.3 Å². The van der Waals surface area contributed by atoms with Gasteiger partial charge in [-0.25, -0.2) is 0 Å². The van der Waals surface area contributed by atoms with Gasteiger partial charge in [-0.1, -0.05) is 0 Å². The molecule has 1 fully saturated rings. The number of carbonyl (C=O) groups is 1. The number of ether oxygens (including phenoxy) is 1. The molecule has 0 spiro atoms. The van der Waals surface area contributed by atoms with Gasteiger partial charge in [0.1, 0.15) is 11.9 Å². The van der Waals surface area contributed by atoms with Crippen LogP contribution in [0, 0.1) is 0 Å². The van der Waals surface area contributed by atoms with Crippen molar-refractivity contribution in [2.24, 2.45) is 7.05 Å². The molecule has 1 aromatic rings. The SMILES string of the molecule is COC1(C(=O)c2nncn2C)CCC1. The minimum absolute atomic E-state index is 0.0498. The summed E-state index contributed by atoms with van der Waals surface area (Å²) < 4.78 is 6.91. The first-order valence-corrected chi connectivity index (χ1v) is 4.63. The van der Waals surface area contributed by atoms with Gasteiger partial charge in [0, 0.05) is 14.2 Å². The van der Waals surface area contributed by atoms with Crippen LogP contribution >= 0.6 is 0 Å². The minimum atomic E-state index is -0.624. The lowest BCUT2D eigenvalue weighted by Gasteiger charge is -2.38. The van der Waals surface area contributed by atoms with Gasteiger partial charge in [0.2, 0.25) is 11.6 Å². The summed E-state index contributed by atoms with van der Waals surface area (Å²) in [7, 11) is 3.34. The second kappa shape index (κ2) is 3.16. The molecule has 0 aliphatic heterocycles. The van der Waals surface area contributed by atoms with Crippen molar-refractivity contribution in [3.8, 4) is 0 Å². The van der Waals surface area contributed by atoms with Gasteiger partial charge < -0.3 is 9.30 Å². The molecule has 5 nitrogen and oxygen atoms in total. The molecule has 5 heteroatoms. The molecule has 1 saturated carbocycles. The number of ketones is 1. The fraction of sp³-hybridized carbons (Fsp3) is 0.667. The van der Waals surface area contributed by atoms with E-state index in [1.807, 2.05) is 0 Å². The van der Waals surface area contributed by atoms with E-state index >= 15 is 0 Å². The summed E-state index contributed by atoms with van der Waals surface area (Å²) in [4.78, 5) is 12.0. The van der Waals surface area contributed by atoms with Crippen LogP contribution in [0.2, 0.25) is 0 Å². The Morgan fingerprint density at radius 3 is 2.71 bits per heavy atom. The van der Waals surface area contributed by atoms with Gasteiger partial charge in [-0.2, -0.15) is 0 Å². The van der Waals surface area contributed by atoms with Crippen molar-refractivity contribution in [1.82, 2.24) is 14.8 Å². The molecule has 0 radical (unpaired) electrons. The van der Waals surface area contributed by atoms with Crippen molar-refractivity contribution in [2.45, 2.75) is 24.9 Å². The number of hydrogen-bond donors (Lipinski definition) is 0. The Bertz CT molecular complexity index is 349. The molecule has 0 saturated heterocycles. The third kappa shape index (κ3) is 1.16. The molecule has 0 unspecified atom stereocenters. The Morgan fingerprint density at radius 2 is 2.36 bits per heavy atom. The quantitative estimate of drug-likeness (QED) is 0.661. The van der Waals surface area contributed by atoms with Crippen LogP contribution in [0.4, 0.5) is 0 Å². The monoisotopic (exact) mass is 195 g/mol. The first-order valence-electron chi connectivity index (χ1n) is 4.63. The highest BCUT2D eigenvalue weighted by molar-refractivity contribution is 6.00. The van der Waals surface area contributed by atoms with E-state index in [2.05, 4.69) is 10.2 Å². The summed E-state index contributed by atoms with van der Waals surface area (Å²) in [5, 5.41) is 7.48. The van der Waals surface area contributed by atoms with Crippen LogP contribution in [0.5, 0.6) is 0 Å². The Labute approximate surface area is 82.1 Å². The number of Topliss-reactive ketones (excluding diaryl/α,β-unsaturated/α-hetero) is 1. The van der Waals surface area contributed by atoms with Gasteiger partial charge in [0.15, 0.2) is 0 Å². The Morgan fingerprint density at radius 1 is 1.64 bits per heavy atom. The average Bonchev–Trinajstić information content (AvgIpc) is 2.50. The van der Waals surface area contributed by atoms with E-state index in [1.54, 1.807) is 18.7 Å². The average molecular weight is 195 g/mol. The molecule has 1 aliphatic rings. The zero-order valence-electron chi connectivity index (χ0n) is 8.36. The first-order chi connectivity index (χ1) is 6.69. The molecule has 0 atom stereocenters. The number of carbonyl (C=O) groups excluding carboxylic acids is 1. The van der Waals surface area contributed by atoms with Gasteiger partial charge in [-0.3, -0.25) is 4.79 Å². The van der Waals surface area contributed by atoms with Crippen LogP contribution in [0.1, 0.15) is 29.9 Å². The number of hydrogen-bond acceptors (Lipinski definition) is 4. The van der Waals surface area contributed by atoms with Gasteiger partial charge in [-0.05, 0) is 19.3 Å². The van der Waals surface area contributed by atoms with Crippen molar-refractivity contribution < 1.29 is 9.53 Å². The molecule has 1 aromatic heterocycles. The molecule has 14 heavy (non-hydrogen) atoms. The lowest BCUT2D eigenvalue weighted by molar-refractivity contribution is -0.0457. The van der Waals surface area contributed by atoms with E-state index in [1.165, 1.54) is 6.33 Å². The standard InChI is InChI=1S/C9H13N3O2/c1-12-6-10-11-8(12)7(13)9(14-2)4-3-5-9/h6H,3-5H2,1-2H3. The van der Waals surface area contributed by atoms with E-state index in [0.29, 0.717) is 5.82 Å². The summed E-state index contributed by atoms with van der Waals surface area (Å²) in [5.74, 6) is 0.331. The largest absolute Gasteiger partial charge is 0.370 e. The second-order valence-electron chi connectivity index (χ2n) is 3.65. The molecule has 0 aromatic carbocycles. The van der Waals surface area contributed by atoms with E-state index in [4.69, 9.17) is 4.74 Å². The highest BCUT2D eigenvalue weighted by atomic mass is 16.5. The third-order valence-electron chi connectivity index (χ3n) is 2.88. The van der Waals surface area contributed by atoms with Crippen molar-refractivity contribution in [1.29, 1.82) is 0 Å². The highest BCUT2D eigenvalue weighted by Gasteiger charge is 2.46. The molecule has 0 bridgehead atoms. The smallest absolute Gasteiger partial charge is 0.231 e. The normalized spacial score (nSPS) is 19.0. The van der Waals surface area contributed by atoms with Gasteiger partial charge in [0.25, 0.3) is 0 Å². The van der Waals surface area contributed by atoms with Crippen LogP contribution in [0.3, 0.4) is 0 Å². The minimum Gasteiger partial charge on any atom is -0.370 e. The number of aromatic nitrogens is 3. The third-order valence-corrected chi connectivity index (χ3v) is 2.88. The molecule has 0 amide bonds. The molecule has 1 heterocycles. The Balaban J connectivity index is 2.27. The predicted octanol–water partition coefficient (Wildman–Crippen LogP) is 0.567. The van der Waals surface area contributed by atoms with Gasteiger partial charge in [0.05, 0.1) is 0 Å². The van der Waals surface area contributed by atoms with Crippen LogP contribution in [-0.2, 0) is 11.8 Å². The maximum absolute atomic E-state index is 12.0. The second-order valence-corrected chi connectivity index (χ2v) is 3.65. The number of nitrogens with zero attached hydrogens (tertiary/aromatic N) is 3. The lowest BCUT2D eigenvalue weighted by atomic mass is 9.76. The molecule has 0 N–H and O–H groups in total. The molecular formula is C9H13N3O2. The van der Waals surface area contributed by atoms with E-state index < -0.39 is 5.60 Å². The maximum atomic E-state index is 12.0. The van der Waals surface area contributed by atoms with Crippen LogP contribution < -0.4 is 0 Å². The summed E-state index contributed by atoms with van der Waals surface area (Å²) in [5.41, 5.74) is -0.624. The summed E-state index contributed by atoms with van der Waals surface area (Å²) in [6, 6.07) is 0. The van der Waals surface area contributed by atoms with E-state index in [-0.39, 0.29) is 5.78 Å². The topological polar surface area (TPSA) is 57.0 Å². The number of aryl methyl sites for hydroxylation is 1. The van der Waals surface area contributed by atoms with Crippen LogP contribution in [0.25, 0.3) is 0 Å². The zero-order chi connectivity index (χ0) is 10.2. The van der Waals surface area contributed by atoms with Gasteiger partial charge in [-0.15, -0.1) is 10.2 Å². The molecule has 1 aliphatic carbocycles. The maximum Gasteiger partial charge on any atom is 0.231 e. The lowest BCUT2D eigenvalue weighted by Crippen LogP contribution is -2.47. The Kier molecular flexibility index (Phi) is 2.11. The molecular weight excluding hydrogens is 182 g/mol. The predicted molar refractivity (Wildman–Crippen MR) is 48.9 cm³/mol. The molecule has 2 rings (SSSR count). The van der Waals surface area contributed by atoms with Crippen molar-refractivity contribution in [2.75, 3.05) is 7.11 Å². The summed E-state index contributed by atoms with van der Waals surface area (Å²) >= 11 is 0. The Hall–Kier alpha value is -1.23. The van der Waals surface area contributed by atoms with Crippen molar-refractivity contribution in [3.05, 3.63) is 12.2 Å². The fourth-order valence-corrected chi connectivity index (χ4v) is 1.71. The number of methoxy groups -OCH3 is 1. The highest BCUT2D eigenvalue weighted by Crippen LogP contribution is 2.37. The summed E-state index contributed by atoms with van der Waals surface area (Å²) in [6.45, 7) is 0. The molecule has 76 valence electrons. The van der Waals surface area contributed by atoms with Crippen molar-refractivity contribution in [3.63, 3.8) is 0 Å². The van der Waals surface area contributed by atoms with Crippen LogP contribution in [0.15, 0.2) is 6.33 Å². The van der Waals surface area contributed by atoms with Crippen molar-refractivity contribution >= 4 is 5.78 Å². The van der Waals surface area contributed by atoms with Gasteiger partial charge >= 0.3 is 0 Å². The number of rotatable bonds is 3. The zero-order valence-corrected chi connectivity index (χ0v) is 8.36. The summed E-state index contributed by atoms with van der Waals surface area (Å²) in [6.07, 6.45) is 4.14. The van der Waals surface area contributed by atoms with E-state index in [9.17, 15) is 4.79 Å².